The second-order valence-electron chi connectivity index (χ2n) is 6.25. The summed E-state index contributed by atoms with van der Waals surface area (Å²) >= 11 is 0. The number of hydrogen-bond acceptors (Lipinski definition) is 2. The van der Waals surface area contributed by atoms with Gasteiger partial charge in [-0.05, 0) is 43.6 Å². The molecule has 1 rings (SSSR count). The number of nitrogens with two attached hydrogens (primary N) is 1. The number of carbonyl (C=O) groups excluding carboxylic acids is 1. The normalized spacial score (nSPS) is 26.1. The lowest BCUT2D eigenvalue weighted by atomic mass is 9.78. The third-order valence-corrected chi connectivity index (χ3v) is 4.29. The fourth-order valence-electron chi connectivity index (χ4n) is 2.91. The van der Waals surface area contributed by atoms with Crippen LogP contribution >= 0.6 is 0 Å². The predicted molar refractivity (Wildman–Crippen MR) is 76.2 cm³/mol. The average Bonchev–Trinajstić information content (AvgIpc) is 2.36. The van der Waals surface area contributed by atoms with Gasteiger partial charge in [0.1, 0.15) is 0 Å². The maximum Gasteiger partial charge on any atom is 0.220 e. The molecule has 1 amide bonds. The Balaban J connectivity index is 2.36. The van der Waals surface area contributed by atoms with Gasteiger partial charge in [0, 0.05) is 12.5 Å². The Morgan fingerprint density at radius 3 is 2.56 bits per heavy atom. The fraction of sp³-hybridized carbons (Fsp3) is 0.933. The number of rotatable bonds is 6. The van der Waals surface area contributed by atoms with Crippen molar-refractivity contribution >= 4 is 5.91 Å². The van der Waals surface area contributed by atoms with E-state index in [0.29, 0.717) is 36.8 Å². The van der Waals surface area contributed by atoms with E-state index in [9.17, 15) is 4.79 Å². The van der Waals surface area contributed by atoms with Gasteiger partial charge in [-0.1, -0.05) is 33.6 Å². The van der Waals surface area contributed by atoms with Crippen LogP contribution in [0.5, 0.6) is 0 Å². The zero-order chi connectivity index (χ0) is 13.5. The Hall–Kier alpha value is -0.570. The second kappa shape index (κ2) is 7.78. The molecule has 1 saturated carbocycles. The van der Waals surface area contributed by atoms with Gasteiger partial charge in [0.15, 0.2) is 0 Å². The van der Waals surface area contributed by atoms with E-state index in [1.165, 1.54) is 19.3 Å². The summed E-state index contributed by atoms with van der Waals surface area (Å²) in [5.74, 6) is 1.99. The highest BCUT2D eigenvalue weighted by Crippen LogP contribution is 2.30. The molecule has 0 aromatic heterocycles. The minimum atomic E-state index is 0.216. The third-order valence-electron chi connectivity index (χ3n) is 4.29. The van der Waals surface area contributed by atoms with Crippen molar-refractivity contribution in [2.75, 3.05) is 6.54 Å². The monoisotopic (exact) mass is 254 g/mol. The first-order valence-corrected chi connectivity index (χ1v) is 7.54. The highest BCUT2D eigenvalue weighted by Gasteiger charge is 2.28. The van der Waals surface area contributed by atoms with Crippen molar-refractivity contribution in [3.05, 3.63) is 0 Å². The van der Waals surface area contributed by atoms with Crippen molar-refractivity contribution in [3.8, 4) is 0 Å². The lowest BCUT2D eigenvalue weighted by Crippen LogP contribution is -2.44. The van der Waals surface area contributed by atoms with E-state index >= 15 is 0 Å². The standard InChI is InChI=1S/C15H30N2O/c1-11(2)13-6-4-5-7-14(13)17-15(18)9-8-12(3)10-16/h11-14H,4-10,16H2,1-3H3,(H,17,18). The molecule has 1 aliphatic rings. The topological polar surface area (TPSA) is 55.1 Å². The SMILES string of the molecule is CC(CN)CCC(=O)NC1CCCCC1C(C)C. The van der Waals surface area contributed by atoms with Crippen LogP contribution in [0.4, 0.5) is 0 Å². The Morgan fingerprint density at radius 1 is 1.28 bits per heavy atom. The Morgan fingerprint density at radius 2 is 1.94 bits per heavy atom. The zero-order valence-electron chi connectivity index (χ0n) is 12.2. The predicted octanol–water partition coefficient (Wildman–Crippen LogP) is 2.69. The quantitative estimate of drug-likeness (QED) is 0.765. The molecule has 3 heteroatoms. The van der Waals surface area contributed by atoms with Gasteiger partial charge in [-0.25, -0.2) is 0 Å². The molecule has 0 aromatic rings. The van der Waals surface area contributed by atoms with Crippen LogP contribution in [0.15, 0.2) is 0 Å². The van der Waals surface area contributed by atoms with Crippen molar-refractivity contribution < 1.29 is 4.79 Å². The first-order valence-electron chi connectivity index (χ1n) is 7.54. The van der Waals surface area contributed by atoms with E-state index in [1.807, 2.05) is 0 Å². The van der Waals surface area contributed by atoms with E-state index in [2.05, 4.69) is 26.1 Å². The van der Waals surface area contributed by atoms with E-state index in [0.717, 1.165) is 12.8 Å². The summed E-state index contributed by atoms with van der Waals surface area (Å²) in [5.41, 5.74) is 5.57. The highest BCUT2D eigenvalue weighted by molar-refractivity contribution is 5.76. The van der Waals surface area contributed by atoms with Crippen molar-refractivity contribution in [1.29, 1.82) is 0 Å². The first kappa shape index (κ1) is 15.5. The molecule has 0 heterocycles. The molecule has 3 N–H and O–H groups in total. The molecule has 0 aliphatic heterocycles. The molecule has 3 atom stereocenters. The highest BCUT2D eigenvalue weighted by atomic mass is 16.1. The minimum Gasteiger partial charge on any atom is -0.353 e. The summed E-state index contributed by atoms with van der Waals surface area (Å²) in [7, 11) is 0. The number of amides is 1. The molecule has 18 heavy (non-hydrogen) atoms. The molecule has 3 nitrogen and oxygen atoms in total. The molecule has 3 unspecified atom stereocenters. The van der Waals surface area contributed by atoms with Gasteiger partial charge in [-0.2, -0.15) is 0 Å². The molecule has 1 fully saturated rings. The zero-order valence-corrected chi connectivity index (χ0v) is 12.2. The summed E-state index contributed by atoms with van der Waals surface area (Å²) in [4.78, 5) is 11.9. The number of nitrogens with one attached hydrogen (secondary N) is 1. The number of carbonyl (C=O) groups is 1. The Bertz CT molecular complexity index is 253. The van der Waals surface area contributed by atoms with E-state index in [4.69, 9.17) is 5.73 Å². The van der Waals surface area contributed by atoms with Crippen LogP contribution in [-0.4, -0.2) is 18.5 Å². The van der Waals surface area contributed by atoms with Gasteiger partial charge in [-0.3, -0.25) is 4.79 Å². The van der Waals surface area contributed by atoms with Gasteiger partial charge in [-0.15, -0.1) is 0 Å². The largest absolute Gasteiger partial charge is 0.353 e. The van der Waals surface area contributed by atoms with Gasteiger partial charge in [0.25, 0.3) is 0 Å². The van der Waals surface area contributed by atoms with Gasteiger partial charge < -0.3 is 11.1 Å². The molecule has 0 aromatic carbocycles. The minimum absolute atomic E-state index is 0.216. The van der Waals surface area contributed by atoms with Gasteiger partial charge in [0.2, 0.25) is 5.91 Å². The molecule has 0 spiro atoms. The fourth-order valence-corrected chi connectivity index (χ4v) is 2.91. The van der Waals surface area contributed by atoms with Gasteiger partial charge >= 0.3 is 0 Å². The molecule has 0 bridgehead atoms. The second-order valence-corrected chi connectivity index (χ2v) is 6.25. The molecule has 106 valence electrons. The summed E-state index contributed by atoms with van der Waals surface area (Å²) in [6.07, 6.45) is 6.52. The Labute approximate surface area is 112 Å². The molecule has 1 aliphatic carbocycles. The smallest absolute Gasteiger partial charge is 0.220 e. The van der Waals surface area contributed by atoms with E-state index in [1.54, 1.807) is 0 Å². The lowest BCUT2D eigenvalue weighted by Gasteiger charge is -2.35. The van der Waals surface area contributed by atoms with Crippen molar-refractivity contribution in [3.63, 3.8) is 0 Å². The molecular weight excluding hydrogens is 224 g/mol. The average molecular weight is 254 g/mol. The van der Waals surface area contributed by atoms with Crippen LogP contribution in [-0.2, 0) is 4.79 Å². The van der Waals surface area contributed by atoms with E-state index < -0.39 is 0 Å². The maximum atomic E-state index is 11.9. The number of hydrogen-bond donors (Lipinski definition) is 2. The van der Waals surface area contributed by atoms with Crippen LogP contribution in [0.3, 0.4) is 0 Å². The summed E-state index contributed by atoms with van der Waals surface area (Å²) in [5, 5.41) is 3.25. The van der Waals surface area contributed by atoms with Crippen LogP contribution < -0.4 is 11.1 Å². The van der Waals surface area contributed by atoms with E-state index in [-0.39, 0.29) is 5.91 Å². The van der Waals surface area contributed by atoms with Crippen molar-refractivity contribution in [2.45, 2.75) is 65.3 Å². The van der Waals surface area contributed by atoms with Crippen LogP contribution in [0.1, 0.15) is 59.3 Å². The summed E-state index contributed by atoms with van der Waals surface area (Å²) in [6.45, 7) is 7.31. The molecule has 0 saturated heterocycles. The maximum absolute atomic E-state index is 11.9. The molecular formula is C15H30N2O. The van der Waals surface area contributed by atoms with Crippen molar-refractivity contribution in [1.82, 2.24) is 5.32 Å². The Kier molecular flexibility index (Phi) is 6.69. The third kappa shape index (κ3) is 4.97. The lowest BCUT2D eigenvalue weighted by molar-refractivity contribution is -0.122. The molecule has 0 radical (unpaired) electrons. The van der Waals surface area contributed by atoms with Crippen molar-refractivity contribution in [2.24, 2.45) is 23.5 Å². The van der Waals surface area contributed by atoms with Crippen LogP contribution in [0, 0.1) is 17.8 Å². The van der Waals surface area contributed by atoms with Crippen LogP contribution in [0.25, 0.3) is 0 Å². The van der Waals surface area contributed by atoms with Crippen LogP contribution in [0.2, 0.25) is 0 Å². The van der Waals surface area contributed by atoms with Gasteiger partial charge in [0.05, 0.1) is 0 Å². The first-order chi connectivity index (χ1) is 8.54. The summed E-state index contributed by atoms with van der Waals surface area (Å²) in [6, 6.07) is 0.402. The summed E-state index contributed by atoms with van der Waals surface area (Å²) < 4.78 is 0.